The molecule has 2 rings (SSSR count). The fourth-order valence-electron chi connectivity index (χ4n) is 1.13. The van der Waals surface area contributed by atoms with E-state index >= 15 is 0 Å². The molecular weight excluding hydrogens is 207 g/mol. The number of alkyl halides is 1. The Hall–Kier alpha value is -0.680. The highest BCUT2D eigenvalue weighted by Gasteiger charge is 2.27. The predicted octanol–water partition coefficient (Wildman–Crippen LogP) is 2.10. The molecule has 1 aliphatic rings. The van der Waals surface area contributed by atoms with Crippen LogP contribution in [0.25, 0.3) is 0 Å². The molecule has 1 fully saturated rings. The van der Waals surface area contributed by atoms with Crippen molar-refractivity contribution >= 4 is 34.4 Å². The number of hydrogen-bond acceptors (Lipinski definition) is 2. The summed E-state index contributed by atoms with van der Waals surface area (Å²) in [6.45, 7) is 0.853. The van der Waals surface area contributed by atoms with Crippen LogP contribution in [0.4, 0.5) is 10.1 Å². The second-order valence-corrected chi connectivity index (χ2v) is 4.11. The van der Waals surface area contributed by atoms with Crippen molar-refractivity contribution in [2.24, 2.45) is 0 Å². The molecule has 1 saturated heterocycles. The third-order valence-corrected chi connectivity index (χ3v) is 2.94. The van der Waals surface area contributed by atoms with Gasteiger partial charge in [-0.05, 0) is 23.7 Å². The standard InChI is InChI=1S/C8H9FN2S2/c9-6-3-11(4-6)8(12)10-7-1-2-13-5-7/h1-2,5-6H,3-4H2,(H,10,12). The number of hydrogen-bond donors (Lipinski definition) is 1. The summed E-state index contributed by atoms with van der Waals surface area (Å²) < 4.78 is 12.5. The molecule has 0 amide bonds. The van der Waals surface area contributed by atoms with Crippen LogP contribution in [-0.4, -0.2) is 29.3 Å². The molecule has 1 aromatic rings. The van der Waals surface area contributed by atoms with Gasteiger partial charge in [-0.1, -0.05) is 0 Å². The molecular formula is C8H9FN2S2. The Labute approximate surface area is 85.4 Å². The molecule has 1 aromatic heterocycles. The van der Waals surface area contributed by atoms with Crippen LogP contribution in [0, 0.1) is 0 Å². The van der Waals surface area contributed by atoms with E-state index in [1.54, 1.807) is 11.3 Å². The lowest BCUT2D eigenvalue weighted by Gasteiger charge is -2.36. The van der Waals surface area contributed by atoms with Gasteiger partial charge in [0.05, 0.1) is 18.8 Å². The Morgan fingerprint density at radius 1 is 1.69 bits per heavy atom. The molecule has 13 heavy (non-hydrogen) atoms. The zero-order valence-electron chi connectivity index (χ0n) is 6.87. The van der Waals surface area contributed by atoms with Gasteiger partial charge in [0.15, 0.2) is 5.11 Å². The average Bonchev–Trinajstić information content (AvgIpc) is 2.51. The van der Waals surface area contributed by atoms with E-state index in [9.17, 15) is 4.39 Å². The number of halogens is 1. The number of thiophene rings is 1. The largest absolute Gasteiger partial charge is 0.343 e. The second kappa shape index (κ2) is 3.59. The molecule has 0 atom stereocenters. The summed E-state index contributed by atoms with van der Waals surface area (Å²) in [5.74, 6) is 0. The molecule has 2 heterocycles. The van der Waals surface area contributed by atoms with Crippen molar-refractivity contribution in [3.05, 3.63) is 16.8 Å². The van der Waals surface area contributed by atoms with E-state index in [-0.39, 0.29) is 0 Å². The minimum Gasteiger partial charge on any atom is -0.343 e. The van der Waals surface area contributed by atoms with Gasteiger partial charge in [0.25, 0.3) is 0 Å². The lowest BCUT2D eigenvalue weighted by molar-refractivity contribution is 0.133. The Morgan fingerprint density at radius 2 is 2.46 bits per heavy atom. The van der Waals surface area contributed by atoms with Crippen molar-refractivity contribution in [3.8, 4) is 0 Å². The number of anilines is 1. The first kappa shape index (κ1) is 8.90. The number of thiocarbonyl (C=S) groups is 1. The van der Waals surface area contributed by atoms with Gasteiger partial charge in [0.1, 0.15) is 6.17 Å². The van der Waals surface area contributed by atoms with Crippen LogP contribution in [0.2, 0.25) is 0 Å². The summed E-state index contributed by atoms with van der Waals surface area (Å²) in [5.41, 5.74) is 0.984. The summed E-state index contributed by atoms with van der Waals surface area (Å²) >= 11 is 6.69. The Balaban J connectivity index is 1.86. The molecule has 0 bridgehead atoms. The number of nitrogens with zero attached hydrogens (tertiary/aromatic N) is 1. The molecule has 5 heteroatoms. The minimum atomic E-state index is -0.706. The molecule has 0 radical (unpaired) electrons. The van der Waals surface area contributed by atoms with Gasteiger partial charge < -0.3 is 10.2 Å². The van der Waals surface area contributed by atoms with Crippen molar-refractivity contribution in [1.82, 2.24) is 4.90 Å². The normalized spacial score (nSPS) is 16.8. The van der Waals surface area contributed by atoms with Crippen molar-refractivity contribution in [2.75, 3.05) is 18.4 Å². The van der Waals surface area contributed by atoms with E-state index in [0.29, 0.717) is 18.2 Å². The van der Waals surface area contributed by atoms with E-state index in [0.717, 1.165) is 5.69 Å². The van der Waals surface area contributed by atoms with Gasteiger partial charge in [-0.15, -0.1) is 0 Å². The van der Waals surface area contributed by atoms with Crippen molar-refractivity contribution in [2.45, 2.75) is 6.17 Å². The highest BCUT2D eigenvalue weighted by molar-refractivity contribution is 7.80. The van der Waals surface area contributed by atoms with Crippen LogP contribution in [0.15, 0.2) is 16.8 Å². The smallest absolute Gasteiger partial charge is 0.173 e. The van der Waals surface area contributed by atoms with Gasteiger partial charge in [-0.2, -0.15) is 11.3 Å². The highest BCUT2D eigenvalue weighted by Crippen LogP contribution is 2.16. The first-order valence-electron chi connectivity index (χ1n) is 3.98. The molecule has 70 valence electrons. The predicted molar refractivity (Wildman–Crippen MR) is 57.0 cm³/mol. The molecule has 2 nitrogen and oxygen atoms in total. The molecule has 1 N–H and O–H groups in total. The van der Waals surface area contributed by atoms with Gasteiger partial charge in [0, 0.05) is 5.38 Å². The average molecular weight is 216 g/mol. The number of rotatable bonds is 1. The lowest BCUT2D eigenvalue weighted by atomic mass is 10.2. The van der Waals surface area contributed by atoms with E-state index in [1.807, 2.05) is 21.7 Å². The maximum atomic E-state index is 12.5. The molecule has 0 aromatic carbocycles. The van der Waals surface area contributed by atoms with Crippen LogP contribution in [0.1, 0.15) is 0 Å². The van der Waals surface area contributed by atoms with E-state index in [2.05, 4.69) is 5.32 Å². The highest BCUT2D eigenvalue weighted by atomic mass is 32.1. The van der Waals surface area contributed by atoms with Crippen molar-refractivity contribution < 1.29 is 4.39 Å². The molecule has 0 aliphatic carbocycles. The summed E-state index contributed by atoms with van der Waals surface area (Å²) in [6.07, 6.45) is -0.706. The Bertz CT molecular complexity index is 293. The fourth-order valence-corrected chi connectivity index (χ4v) is 1.98. The van der Waals surface area contributed by atoms with Crippen LogP contribution in [-0.2, 0) is 0 Å². The quantitative estimate of drug-likeness (QED) is 0.724. The van der Waals surface area contributed by atoms with Gasteiger partial charge in [-0.25, -0.2) is 4.39 Å². The molecule has 1 aliphatic heterocycles. The number of nitrogens with one attached hydrogen (secondary N) is 1. The van der Waals surface area contributed by atoms with E-state index < -0.39 is 6.17 Å². The summed E-state index contributed by atoms with van der Waals surface area (Å²) in [6, 6.07) is 1.95. The fraction of sp³-hybridized carbons (Fsp3) is 0.375. The topological polar surface area (TPSA) is 15.3 Å². The van der Waals surface area contributed by atoms with Crippen LogP contribution < -0.4 is 5.32 Å². The zero-order valence-corrected chi connectivity index (χ0v) is 8.50. The maximum Gasteiger partial charge on any atom is 0.173 e. The zero-order chi connectivity index (χ0) is 9.26. The summed E-state index contributed by atoms with van der Waals surface area (Å²) in [4.78, 5) is 1.82. The third kappa shape index (κ3) is 1.97. The lowest BCUT2D eigenvalue weighted by Crippen LogP contribution is -2.52. The first-order chi connectivity index (χ1) is 6.25. The Morgan fingerprint density at radius 3 is 3.00 bits per heavy atom. The minimum absolute atomic E-state index is 0.427. The first-order valence-corrected chi connectivity index (χ1v) is 5.33. The summed E-state index contributed by atoms with van der Waals surface area (Å²) in [5, 5.41) is 7.61. The maximum absolute atomic E-state index is 12.5. The van der Waals surface area contributed by atoms with Crippen LogP contribution in [0.3, 0.4) is 0 Å². The molecule has 0 saturated carbocycles. The van der Waals surface area contributed by atoms with Gasteiger partial charge >= 0.3 is 0 Å². The van der Waals surface area contributed by atoms with Gasteiger partial charge in [0.2, 0.25) is 0 Å². The van der Waals surface area contributed by atoms with Gasteiger partial charge in [-0.3, -0.25) is 0 Å². The van der Waals surface area contributed by atoms with Crippen LogP contribution >= 0.6 is 23.6 Å². The van der Waals surface area contributed by atoms with E-state index in [1.165, 1.54) is 0 Å². The summed E-state index contributed by atoms with van der Waals surface area (Å²) in [7, 11) is 0. The monoisotopic (exact) mass is 216 g/mol. The Kier molecular flexibility index (Phi) is 2.46. The van der Waals surface area contributed by atoms with Crippen molar-refractivity contribution in [3.63, 3.8) is 0 Å². The molecule has 0 unspecified atom stereocenters. The number of likely N-dealkylation sites (tertiary alicyclic amines) is 1. The third-order valence-electron chi connectivity index (χ3n) is 1.90. The van der Waals surface area contributed by atoms with Crippen LogP contribution in [0.5, 0.6) is 0 Å². The van der Waals surface area contributed by atoms with Crippen molar-refractivity contribution in [1.29, 1.82) is 0 Å². The molecule has 0 spiro atoms. The van der Waals surface area contributed by atoms with E-state index in [4.69, 9.17) is 12.2 Å². The second-order valence-electron chi connectivity index (χ2n) is 2.94. The SMILES string of the molecule is FC1CN(C(=S)Nc2ccsc2)C1.